The lowest BCUT2D eigenvalue weighted by Gasteiger charge is -2.35. The third-order valence-electron chi connectivity index (χ3n) is 3.84. The molecule has 2 unspecified atom stereocenters. The van der Waals surface area contributed by atoms with Crippen LogP contribution in [0.25, 0.3) is 0 Å². The second-order valence-electron chi connectivity index (χ2n) is 6.02. The average molecular weight is 286 g/mol. The molecule has 0 bridgehead atoms. The fourth-order valence-corrected chi connectivity index (χ4v) is 2.75. The highest BCUT2D eigenvalue weighted by Gasteiger charge is 2.26. The number of carbonyl (C=O) groups excluding carboxylic acids is 1. The minimum Gasteiger partial charge on any atom is -0.396 e. The number of ether oxygens (including phenoxy) is 1. The van der Waals surface area contributed by atoms with Crippen LogP contribution in [-0.2, 0) is 4.74 Å². The molecule has 0 spiro atoms. The zero-order chi connectivity index (χ0) is 15.0. The van der Waals surface area contributed by atoms with E-state index in [1.54, 1.807) is 0 Å². The van der Waals surface area contributed by atoms with E-state index in [1.807, 2.05) is 4.90 Å². The first kappa shape index (κ1) is 17.2. The second kappa shape index (κ2) is 9.19. The molecule has 0 aromatic rings. The number of amides is 2. The van der Waals surface area contributed by atoms with E-state index >= 15 is 0 Å². The van der Waals surface area contributed by atoms with Gasteiger partial charge in [0.2, 0.25) is 0 Å². The molecule has 0 aromatic heterocycles. The normalized spacial score (nSPS) is 21.1. The van der Waals surface area contributed by atoms with Gasteiger partial charge in [0.05, 0.1) is 19.3 Å². The van der Waals surface area contributed by atoms with Crippen molar-refractivity contribution >= 4 is 6.03 Å². The van der Waals surface area contributed by atoms with Crippen LogP contribution >= 0.6 is 0 Å². The van der Waals surface area contributed by atoms with Gasteiger partial charge in [-0.3, -0.25) is 0 Å². The predicted octanol–water partition coefficient (Wildman–Crippen LogP) is 1.85. The van der Waals surface area contributed by atoms with Gasteiger partial charge in [-0.2, -0.15) is 0 Å². The van der Waals surface area contributed by atoms with Crippen LogP contribution in [0, 0.1) is 11.8 Å². The predicted molar refractivity (Wildman–Crippen MR) is 79.7 cm³/mol. The first-order valence-electron chi connectivity index (χ1n) is 7.81. The maximum absolute atomic E-state index is 12.3. The lowest BCUT2D eigenvalue weighted by Crippen LogP contribution is -2.52. The van der Waals surface area contributed by atoms with Gasteiger partial charge in [0, 0.05) is 19.7 Å². The topological polar surface area (TPSA) is 61.8 Å². The molecule has 1 fully saturated rings. The van der Waals surface area contributed by atoms with Crippen molar-refractivity contribution in [3.05, 3.63) is 0 Å². The summed E-state index contributed by atoms with van der Waals surface area (Å²) in [7, 11) is 0. The lowest BCUT2D eigenvalue weighted by molar-refractivity contribution is 0.0110. The first-order valence-corrected chi connectivity index (χ1v) is 7.81. The quantitative estimate of drug-likeness (QED) is 0.751. The van der Waals surface area contributed by atoms with Crippen molar-refractivity contribution in [3.8, 4) is 0 Å². The number of nitrogens with zero attached hydrogens (tertiary/aromatic N) is 1. The van der Waals surface area contributed by atoms with Gasteiger partial charge < -0.3 is 20.1 Å². The molecule has 1 heterocycles. The minimum absolute atomic E-state index is 0.00634. The Morgan fingerprint density at radius 2 is 2.25 bits per heavy atom. The van der Waals surface area contributed by atoms with Crippen molar-refractivity contribution in [2.24, 2.45) is 11.8 Å². The van der Waals surface area contributed by atoms with Crippen molar-refractivity contribution in [2.75, 3.05) is 32.9 Å². The Labute approximate surface area is 122 Å². The van der Waals surface area contributed by atoms with Crippen LogP contribution < -0.4 is 5.32 Å². The Morgan fingerprint density at radius 1 is 1.50 bits per heavy atom. The summed E-state index contributed by atoms with van der Waals surface area (Å²) in [6.45, 7) is 9.16. The Kier molecular flexibility index (Phi) is 7.92. The summed E-state index contributed by atoms with van der Waals surface area (Å²) in [5.74, 6) is 0.931. The van der Waals surface area contributed by atoms with E-state index in [9.17, 15) is 4.79 Å². The van der Waals surface area contributed by atoms with Gasteiger partial charge in [-0.1, -0.05) is 20.8 Å². The minimum atomic E-state index is 0.00634. The van der Waals surface area contributed by atoms with Gasteiger partial charge in [-0.15, -0.1) is 0 Å². The SMILES string of the molecule is CCC1COCCN1C(=O)NCC(CCO)CC(C)C. The van der Waals surface area contributed by atoms with E-state index in [-0.39, 0.29) is 18.7 Å². The largest absolute Gasteiger partial charge is 0.396 e. The highest BCUT2D eigenvalue weighted by molar-refractivity contribution is 5.74. The van der Waals surface area contributed by atoms with E-state index < -0.39 is 0 Å². The zero-order valence-electron chi connectivity index (χ0n) is 13.1. The maximum Gasteiger partial charge on any atom is 0.317 e. The number of carbonyl (C=O) groups is 1. The van der Waals surface area contributed by atoms with Gasteiger partial charge in [0.15, 0.2) is 0 Å². The molecule has 20 heavy (non-hydrogen) atoms. The fraction of sp³-hybridized carbons (Fsp3) is 0.933. The van der Waals surface area contributed by atoms with Crippen molar-refractivity contribution in [2.45, 2.75) is 46.1 Å². The summed E-state index contributed by atoms with van der Waals surface area (Å²) in [6, 6.07) is 0.192. The van der Waals surface area contributed by atoms with Crippen LogP contribution in [0.3, 0.4) is 0 Å². The van der Waals surface area contributed by atoms with Gasteiger partial charge in [0.1, 0.15) is 0 Å². The van der Waals surface area contributed by atoms with Crippen LogP contribution in [0.5, 0.6) is 0 Å². The van der Waals surface area contributed by atoms with Crippen molar-refractivity contribution < 1.29 is 14.6 Å². The number of hydrogen-bond acceptors (Lipinski definition) is 3. The number of rotatable bonds is 7. The number of hydrogen-bond donors (Lipinski definition) is 2. The lowest BCUT2D eigenvalue weighted by atomic mass is 9.94. The molecule has 5 nitrogen and oxygen atoms in total. The van der Waals surface area contributed by atoms with Gasteiger partial charge in [0.25, 0.3) is 0 Å². The molecule has 0 aliphatic carbocycles. The highest BCUT2D eigenvalue weighted by Crippen LogP contribution is 2.15. The summed E-state index contributed by atoms with van der Waals surface area (Å²) in [5.41, 5.74) is 0. The van der Waals surface area contributed by atoms with Crippen molar-refractivity contribution in [3.63, 3.8) is 0 Å². The Bertz CT molecular complexity index is 284. The molecule has 2 N–H and O–H groups in total. The Balaban J connectivity index is 2.42. The van der Waals surface area contributed by atoms with Crippen LogP contribution in [0.15, 0.2) is 0 Å². The van der Waals surface area contributed by atoms with E-state index in [0.717, 1.165) is 19.3 Å². The van der Waals surface area contributed by atoms with Gasteiger partial charge in [-0.25, -0.2) is 4.79 Å². The molecular formula is C15H30N2O3. The molecule has 0 aromatic carbocycles. The van der Waals surface area contributed by atoms with E-state index in [4.69, 9.17) is 9.84 Å². The van der Waals surface area contributed by atoms with E-state index in [1.165, 1.54) is 0 Å². The van der Waals surface area contributed by atoms with Crippen LogP contribution in [0.1, 0.15) is 40.0 Å². The summed E-state index contributed by atoms with van der Waals surface area (Å²) in [5, 5.41) is 12.1. The van der Waals surface area contributed by atoms with Crippen molar-refractivity contribution in [1.82, 2.24) is 10.2 Å². The molecule has 1 saturated heterocycles. The molecule has 1 rings (SSSR count). The number of aliphatic hydroxyl groups is 1. The number of urea groups is 1. The van der Waals surface area contributed by atoms with Crippen LogP contribution in [0.2, 0.25) is 0 Å². The monoisotopic (exact) mass is 286 g/mol. The highest BCUT2D eigenvalue weighted by atomic mass is 16.5. The van der Waals surface area contributed by atoms with Crippen LogP contribution in [-0.4, -0.2) is 55.0 Å². The van der Waals surface area contributed by atoms with Crippen molar-refractivity contribution in [1.29, 1.82) is 0 Å². The summed E-state index contributed by atoms with van der Waals surface area (Å²) in [4.78, 5) is 14.1. The molecule has 2 amide bonds. The van der Waals surface area contributed by atoms with Gasteiger partial charge >= 0.3 is 6.03 Å². The van der Waals surface area contributed by atoms with Crippen LogP contribution in [0.4, 0.5) is 4.79 Å². The fourth-order valence-electron chi connectivity index (χ4n) is 2.75. The number of morpholine rings is 1. The summed E-state index contributed by atoms with van der Waals surface area (Å²) < 4.78 is 5.42. The summed E-state index contributed by atoms with van der Waals surface area (Å²) >= 11 is 0. The zero-order valence-corrected chi connectivity index (χ0v) is 13.1. The average Bonchev–Trinajstić information content (AvgIpc) is 2.44. The molecule has 118 valence electrons. The Morgan fingerprint density at radius 3 is 2.85 bits per heavy atom. The maximum atomic E-state index is 12.3. The number of aliphatic hydroxyl groups excluding tert-OH is 1. The molecule has 1 aliphatic heterocycles. The smallest absolute Gasteiger partial charge is 0.317 e. The molecular weight excluding hydrogens is 256 g/mol. The first-order chi connectivity index (χ1) is 9.58. The number of nitrogens with one attached hydrogen (secondary N) is 1. The molecule has 1 aliphatic rings. The summed E-state index contributed by atoms with van der Waals surface area (Å²) in [6.07, 6.45) is 2.69. The molecule has 0 radical (unpaired) electrons. The van der Waals surface area contributed by atoms with Gasteiger partial charge in [-0.05, 0) is 31.1 Å². The molecule has 0 saturated carbocycles. The standard InChI is InChI=1S/C15H30N2O3/c1-4-14-11-20-8-6-17(14)15(19)16-10-13(5-7-18)9-12(2)3/h12-14,18H,4-11H2,1-3H3,(H,16,19). The van der Waals surface area contributed by atoms with E-state index in [0.29, 0.717) is 38.1 Å². The second-order valence-corrected chi connectivity index (χ2v) is 6.02. The molecule has 5 heteroatoms. The van der Waals surface area contributed by atoms with E-state index in [2.05, 4.69) is 26.1 Å². The Hall–Kier alpha value is -0.810. The third-order valence-corrected chi connectivity index (χ3v) is 3.84. The molecule has 2 atom stereocenters. The third kappa shape index (κ3) is 5.67.